The highest BCUT2D eigenvalue weighted by atomic mass is 35.5. The SMILES string of the molecule is C.CC(C)(C)OC(=O)N1C(CO)COC1(C)C.CC(C)(C)OC(=O)N1[C@@H](CSc2ccc(Cl)cc2)COC1(C)C.CCS.CCl.Nc1ncnc2c1CC=C2.Nc1ncnc2c1CC=C2CN[C@H](CO)CSc1ccc(Cl)cc1.[Cl-].[NH3+][C@H](CO)CSc1ccc(Cl)cc1. The van der Waals surface area contributed by atoms with Gasteiger partial charge in [0.15, 0.2) is 0 Å². The van der Waals surface area contributed by atoms with Gasteiger partial charge in [0.25, 0.3) is 0 Å². The lowest BCUT2D eigenvalue weighted by atomic mass is 10.2. The van der Waals surface area contributed by atoms with Gasteiger partial charge in [0.05, 0.1) is 62.3 Å². The predicted octanol–water partition coefficient (Wildman–Crippen LogP) is 9.64. The van der Waals surface area contributed by atoms with Crippen LogP contribution in [0.15, 0.2) is 112 Å². The first kappa shape index (κ1) is 87.0. The van der Waals surface area contributed by atoms with Gasteiger partial charge in [-0.25, -0.2) is 29.5 Å². The molecule has 520 valence electrons. The summed E-state index contributed by atoms with van der Waals surface area (Å²) >= 11 is 31.0. The first-order chi connectivity index (χ1) is 42.9. The first-order valence-corrected chi connectivity index (χ1v) is 34.8. The van der Waals surface area contributed by atoms with Crippen molar-refractivity contribution in [1.29, 1.82) is 0 Å². The van der Waals surface area contributed by atoms with Crippen molar-refractivity contribution in [3.8, 4) is 0 Å². The second kappa shape index (κ2) is 43.3. The average molecular weight is 1470 g/mol. The van der Waals surface area contributed by atoms with Gasteiger partial charge in [-0.15, -0.1) is 46.9 Å². The van der Waals surface area contributed by atoms with E-state index in [4.69, 9.17) is 70.3 Å². The standard InChI is InChI=1S/C17H19ClN4OS.C17H24ClNO3S.C11H21NO4.C9H12ClNOS.C7H7N3.C2H6S.CH3Cl.CH4.ClH/c18-12-2-4-14(5-3-12)24-9-13(8-23)20-7-11-1-6-15-16(11)21-10-22-17(15)19;1-16(2,3)22-15(20)19-13(10-21-17(19,4)5)11-23-14-8-6-12(18)7-9-14;1-10(2,3)16-9(14)12-8(6-13)7-15-11(12,4)5;10-7-1-3-9(4-2-7)13-6-8(11)5-12;8-7-5-2-1-3-6(5)9-4-10-7;1-2-3;1-2;;/h1-5,10,13,20,23H,6-9H2,(H2,19,21,22);6-9,13H,10-11H2,1-5H3;8,13H,6-7H2,1-5H3;1-4,8,12H,5-6,11H2;1,3-4H,2H2,(H2,8,9,10);3H,2H2,1H3;1H3;1H4;1H/t2*13-;;8-;;;;;/m11.1...../s1. The number of allylic oxidation sites excluding steroid dienone is 2. The number of anilines is 2. The van der Waals surface area contributed by atoms with Crippen LogP contribution < -0.4 is 34.9 Å². The molecule has 2 aliphatic carbocycles. The number of rotatable bonds is 15. The maximum Gasteiger partial charge on any atom is 0.412 e. The number of nitrogens with one attached hydrogen (secondary N) is 1. The van der Waals surface area contributed by atoms with Crippen molar-refractivity contribution in [3.05, 3.63) is 135 Å². The summed E-state index contributed by atoms with van der Waals surface area (Å²) in [7, 11) is 0. The number of halogens is 5. The molecular weight excluding hydrogens is 1370 g/mol. The number of fused-ring (bicyclic) bond motifs is 2. The monoisotopic (exact) mass is 1460 g/mol. The molecule has 9 rings (SSSR count). The summed E-state index contributed by atoms with van der Waals surface area (Å²) in [5.41, 5.74) is 17.8. The van der Waals surface area contributed by atoms with E-state index in [2.05, 4.69) is 61.3 Å². The Morgan fingerprint density at radius 1 is 0.710 bits per heavy atom. The minimum Gasteiger partial charge on any atom is -1.00 e. The molecule has 1 unspecified atom stereocenters. The molecule has 2 aromatic heterocycles. The molecule has 4 aliphatic rings. The lowest BCUT2D eigenvalue weighted by molar-refractivity contribution is -0.417. The zero-order valence-electron chi connectivity index (χ0n) is 54.5. The van der Waals surface area contributed by atoms with Gasteiger partial charge in [-0.1, -0.05) is 61.3 Å². The highest BCUT2D eigenvalue weighted by Gasteiger charge is 2.46. The molecule has 3 aromatic carbocycles. The van der Waals surface area contributed by atoms with Crippen LogP contribution in [-0.2, 0) is 31.8 Å². The fourth-order valence-corrected chi connectivity index (χ4v) is 11.7. The van der Waals surface area contributed by atoms with Crippen LogP contribution in [0, 0.1) is 0 Å². The van der Waals surface area contributed by atoms with E-state index in [1.165, 1.54) is 23.9 Å². The van der Waals surface area contributed by atoms with Crippen molar-refractivity contribution in [2.24, 2.45) is 0 Å². The van der Waals surface area contributed by atoms with E-state index in [0.717, 1.165) is 93.7 Å². The smallest absolute Gasteiger partial charge is 0.412 e. The van der Waals surface area contributed by atoms with Crippen LogP contribution in [-0.4, -0.2) is 173 Å². The van der Waals surface area contributed by atoms with E-state index in [1.54, 1.807) is 54.0 Å². The van der Waals surface area contributed by atoms with Crippen molar-refractivity contribution >= 4 is 130 Å². The molecule has 19 nitrogen and oxygen atoms in total. The van der Waals surface area contributed by atoms with Gasteiger partial charge in [0, 0.05) is 71.4 Å². The van der Waals surface area contributed by atoms with Gasteiger partial charge < -0.3 is 69.2 Å². The number of nitrogens with two attached hydrogens (primary N) is 2. The lowest BCUT2D eigenvalue weighted by Crippen LogP contribution is -3.00. The number of aliphatic hydroxyl groups excluding tert-OH is 3. The molecule has 0 radical (unpaired) electrons. The summed E-state index contributed by atoms with van der Waals surface area (Å²) in [6, 6.07) is 22.8. The van der Waals surface area contributed by atoms with Crippen LogP contribution in [0.4, 0.5) is 21.2 Å². The first-order valence-electron chi connectivity index (χ1n) is 29.3. The zero-order valence-corrected chi connectivity index (χ0v) is 61.6. The molecule has 2 amide bonds. The van der Waals surface area contributed by atoms with Crippen molar-refractivity contribution in [2.45, 2.75) is 158 Å². The van der Waals surface area contributed by atoms with Crippen LogP contribution in [0.2, 0.25) is 15.1 Å². The number of nitrogens with zero attached hydrogens (tertiary/aromatic N) is 6. The maximum atomic E-state index is 12.5. The van der Waals surface area contributed by atoms with Gasteiger partial charge >= 0.3 is 12.2 Å². The number of aliphatic hydroxyl groups is 3. The van der Waals surface area contributed by atoms with Gasteiger partial charge in [-0.2, -0.15) is 12.6 Å². The molecule has 4 heterocycles. The van der Waals surface area contributed by atoms with Gasteiger partial charge in [-0.05, 0) is 172 Å². The molecular formula is C65H97Cl5N10O9S4. The molecule has 0 spiro atoms. The van der Waals surface area contributed by atoms with E-state index in [1.807, 2.05) is 147 Å². The van der Waals surface area contributed by atoms with Crippen LogP contribution in [0.1, 0.15) is 106 Å². The number of hydrogen-bond acceptors (Lipinski definition) is 20. The van der Waals surface area contributed by atoms with Crippen molar-refractivity contribution in [2.75, 3.05) is 80.4 Å². The minimum atomic E-state index is -0.726. The summed E-state index contributed by atoms with van der Waals surface area (Å²) in [5.74, 6) is 4.44. The number of amides is 2. The Balaban J connectivity index is 0.000000584. The van der Waals surface area contributed by atoms with Crippen LogP contribution >= 0.6 is 94.3 Å². The number of hydrogen-bond donors (Lipinski definition) is 8. The molecule has 93 heavy (non-hydrogen) atoms. The summed E-state index contributed by atoms with van der Waals surface area (Å²) in [6.45, 7) is 22.0. The van der Waals surface area contributed by atoms with Crippen molar-refractivity contribution in [1.82, 2.24) is 35.1 Å². The van der Waals surface area contributed by atoms with Crippen LogP contribution in [0.5, 0.6) is 0 Å². The number of carbonyl (C=O) groups excluding carboxylic acids is 2. The van der Waals surface area contributed by atoms with Crippen LogP contribution in [0.25, 0.3) is 11.6 Å². The Morgan fingerprint density at radius 2 is 1.14 bits per heavy atom. The fourth-order valence-electron chi connectivity index (χ4n) is 8.53. The number of benzene rings is 3. The largest absolute Gasteiger partial charge is 1.00 e. The molecule has 2 fully saturated rings. The normalized spacial score (nSPS) is 16.5. The Labute approximate surface area is 596 Å². The molecule has 2 aliphatic heterocycles. The number of alkyl halides is 1. The number of aromatic nitrogens is 4. The molecule has 2 saturated heterocycles. The number of thiol groups is 1. The highest BCUT2D eigenvalue weighted by molar-refractivity contribution is 7.99. The third-order valence-electron chi connectivity index (χ3n) is 12.9. The minimum absolute atomic E-state index is 0. The number of nitrogen functional groups attached to an aromatic ring is 2. The quantitative estimate of drug-likeness (QED) is 0.0275. The van der Waals surface area contributed by atoms with Gasteiger partial charge in [-0.3, -0.25) is 9.80 Å². The second-order valence-electron chi connectivity index (χ2n) is 23.4. The fraction of sp³-hybridized carbons (Fsp3) is 0.508. The number of quaternary nitrogens is 1. The Hall–Kier alpha value is -3.99. The summed E-state index contributed by atoms with van der Waals surface area (Å²) < 4.78 is 22.1. The highest BCUT2D eigenvalue weighted by Crippen LogP contribution is 2.34. The number of carbonyl (C=O) groups is 2. The van der Waals surface area contributed by atoms with Gasteiger partial charge in [0.1, 0.15) is 53.0 Å². The molecule has 4 atom stereocenters. The molecule has 0 saturated carbocycles. The summed E-state index contributed by atoms with van der Waals surface area (Å²) in [6.07, 6.45) is 11.4. The summed E-state index contributed by atoms with van der Waals surface area (Å²) in [5, 5.41) is 33.1. The second-order valence-corrected chi connectivity index (χ2v) is 28.6. The van der Waals surface area contributed by atoms with Gasteiger partial charge in [0.2, 0.25) is 0 Å². The van der Waals surface area contributed by atoms with E-state index in [9.17, 15) is 19.8 Å². The average Bonchev–Trinajstić information content (AvgIpc) is 1.69. The maximum absolute atomic E-state index is 12.5. The van der Waals surface area contributed by atoms with Crippen molar-refractivity contribution in [3.63, 3.8) is 0 Å². The topological polar surface area (TPSA) is 282 Å². The Morgan fingerprint density at radius 3 is 1.58 bits per heavy atom. The van der Waals surface area contributed by atoms with E-state index >= 15 is 0 Å². The van der Waals surface area contributed by atoms with E-state index in [-0.39, 0.29) is 69.9 Å². The molecule has 5 aromatic rings. The van der Waals surface area contributed by atoms with Crippen LogP contribution in [0.3, 0.4) is 0 Å². The number of thioether (sulfide) groups is 3. The third kappa shape index (κ3) is 31.0. The van der Waals surface area contributed by atoms with E-state index < -0.39 is 28.7 Å². The van der Waals surface area contributed by atoms with Crippen molar-refractivity contribution < 1.29 is 62.0 Å². The predicted molar refractivity (Wildman–Crippen MR) is 385 cm³/mol. The lowest BCUT2D eigenvalue weighted by Gasteiger charge is -2.35. The van der Waals surface area contributed by atoms with E-state index in [0.29, 0.717) is 31.4 Å². The zero-order chi connectivity index (χ0) is 68.1. The molecule has 28 heteroatoms. The molecule has 0 bridgehead atoms. The Bertz CT molecular complexity index is 3040. The third-order valence-corrected chi connectivity index (χ3v) is 17.2. The Kier molecular flexibility index (Phi) is 40.5. The molecule has 11 N–H and O–H groups in total. The number of ether oxygens (including phenoxy) is 4. The summed E-state index contributed by atoms with van der Waals surface area (Å²) in [4.78, 5) is 47.3.